The average Bonchev–Trinajstić information content (AvgIpc) is 2.69. The van der Waals surface area contributed by atoms with Gasteiger partial charge in [-0.05, 0) is 44.5 Å². The third-order valence-corrected chi connectivity index (χ3v) is 3.18. The summed E-state index contributed by atoms with van der Waals surface area (Å²) in [5.41, 5.74) is 2.37. The Morgan fingerprint density at radius 2 is 2.36 bits per heavy atom. The second-order valence-electron chi connectivity index (χ2n) is 4.25. The SMILES string of the molecule is Cc1cccc(C(C)C2CCNC2)n1. The average molecular weight is 190 g/mol. The number of nitrogens with one attached hydrogen (secondary N) is 1. The van der Waals surface area contributed by atoms with Crippen LogP contribution in [0, 0.1) is 12.8 Å². The molecule has 0 amide bonds. The van der Waals surface area contributed by atoms with Gasteiger partial charge in [-0.3, -0.25) is 4.98 Å². The second-order valence-corrected chi connectivity index (χ2v) is 4.25. The summed E-state index contributed by atoms with van der Waals surface area (Å²) in [6, 6.07) is 6.32. The molecule has 14 heavy (non-hydrogen) atoms. The van der Waals surface area contributed by atoms with Gasteiger partial charge in [-0.25, -0.2) is 0 Å². The molecule has 1 fully saturated rings. The van der Waals surface area contributed by atoms with Crippen LogP contribution in [0.2, 0.25) is 0 Å². The first kappa shape index (κ1) is 9.66. The van der Waals surface area contributed by atoms with Gasteiger partial charge in [0.05, 0.1) is 0 Å². The van der Waals surface area contributed by atoms with E-state index in [1.54, 1.807) is 0 Å². The minimum atomic E-state index is 0.588. The highest BCUT2D eigenvalue weighted by molar-refractivity contribution is 5.14. The third kappa shape index (κ3) is 1.95. The molecule has 1 aromatic heterocycles. The van der Waals surface area contributed by atoms with Crippen LogP contribution in [0.1, 0.15) is 30.7 Å². The first-order valence-electron chi connectivity index (χ1n) is 5.41. The molecule has 2 rings (SSSR count). The van der Waals surface area contributed by atoms with E-state index in [0.29, 0.717) is 5.92 Å². The summed E-state index contributed by atoms with van der Waals surface area (Å²) < 4.78 is 0. The monoisotopic (exact) mass is 190 g/mol. The highest BCUT2D eigenvalue weighted by atomic mass is 14.9. The normalized spacial score (nSPS) is 23.7. The van der Waals surface area contributed by atoms with Crippen molar-refractivity contribution in [1.82, 2.24) is 10.3 Å². The predicted octanol–water partition coefficient (Wildman–Crippen LogP) is 2.10. The number of pyridine rings is 1. The number of nitrogens with zero attached hydrogens (tertiary/aromatic N) is 1. The van der Waals surface area contributed by atoms with Crippen LogP contribution < -0.4 is 5.32 Å². The van der Waals surface area contributed by atoms with Gasteiger partial charge in [-0.15, -0.1) is 0 Å². The van der Waals surface area contributed by atoms with E-state index in [1.807, 2.05) is 0 Å². The molecule has 0 aromatic carbocycles. The van der Waals surface area contributed by atoms with Gasteiger partial charge in [0.25, 0.3) is 0 Å². The van der Waals surface area contributed by atoms with E-state index in [1.165, 1.54) is 18.7 Å². The van der Waals surface area contributed by atoms with Crippen LogP contribution in [-0.4, -0.2) is 18.1 Å². The van der Waals surface area contributed by atoms with Gasteiger partial charge in [0, 0.05) is 17.3 Å². The predicted molar refractivity (Wildman–Crippen MR) is 58.4 cm³/mol. The van der Waals surface area contributed by atoms with Crippen molar-refractivity contribution in [2.24, 2.45) is 5.92 Å². The van der Waals surface area contributed by atoms with E-state index in [0.717, 1.165) is 18.2 Å². The van der Waals surface area contributed by atoms with Crippen molar-refractivity contribution in [3.8, 4) is 0 Å². The Morgan fingerprint density at radius 3 is 3.00 bits per heavy atom. The Bertz CT molecular complexity index is 303. The largest absolute Gasteiger partial charge is 0.316 e. The van der Waals surface area contributed by atoms with Crippen molar-refractivity contribution in [3.63, 3.8) is 0 Å². The van der Waals surface area contributed by atoms with Crippen LogP contribution in [0.15, 0.2) is 18.2 Å². The molecular weight excluding hydrogens is 172 g/mol. The topological polar surface area (TPSA) is 24.9 Å². The summed E-state index contributed by atoms with van der Waals surface area (Å²) in [6.07, 6.45) is 1.29. The van der Waals surface area contributed by atoms with E-state index in [-0.39, 0.29) is 0 Å². The standard InChI is InChI=1S/C12H18N2/c1-9-4-3-5-12(14-9)10(2)11-6-7-13-8-11/h3-5,10-11,13H,6-8H2,1-2H3. The Morgan fingerprint density at radius 1 is 1.50 bits per heavy atom. The fourth-order valence-electron chi connectivity index (χ4n) is 2.16. The number of rotatable bonds is 2. The molecule has 76 valence electrons. The van der Waals surface area contributed by atoms with Gasteiger partial charge in [0.15, 0.2) is 0 Å². The number of aryl methyl sites for hydroxylation is 1. The molecule has 2 nitrogen and oxygen atoms in total. The van der Waals surface area contributed by atoms with Crippen LogP contribution in [0.5, 0.6) is 0 Å². The molecular formula is C12H18N2. The Hall–Kier alpha value is -0.890. The Balaban J connectivity index is 2.13. The van der Waals surface area contributed by atoms with Gasteiger partial charge in [0.2, 0.25) is 0 Å². The zero-order valence-corrected chi connectivity index (χ0v) is 8.96. The third-order valence-electron chi connectivity index (χ3n) is 3.18. The molecule has 1 aliphatic rings. The molecule has 0 aliphatic carbocycles. The van der Waals surface area contributed by atoms with Crippen LogP contribution >= 0.6 is 0 Å². The van der Waals surface area contributed by atoms with Crippen LogP contribution in [0.3, 0.4) is 0 Å². The molecule has 2 heteroatoms. The Kier molecular flexibility index (Phi) is 2.82. The van der Waals surface area contributed by atoms with Crippen LogP contribution in [-0.2, 0) is 0 Å². The summed E-state index contributed by atoms with van der Waals surface area (Å²) >= 11 is 0. The van der Waals surface area contributed by atoms with E-state index in [4.69, 9.17) is 0 Å². The van der Waals surface area contributed by atoms with E-state index < -0.39 is 0 Å². The van der Waals surface area contributed by atoms with Gasteiger partial charge < -0.3 is 5.32 Å². The van der Waals surface area contributed by atoms with Crippen molar-refractivity contribution in [1.29, 1.82) is 0 Å². The van der Waals surface area contributed by atoms with Crippen molar-refractivity contribution in [3.05, 3.63) is 29.6 Å². The summed E-state index contributed by atoms with van der Waals surface area (Å²) in [5, 5.41) is 3.41. The minimum absolute atomic E-state index is 0.588. The molecule has 1 saturated heterocycles. The number of hydrogen-bond donors (Lipinski definition) is 1. The van der Waals surface area contributed by atoms with E-state index >= 15 is 0 Å². The van der Waals surface area contributed by atoms with Crippen LogP contribution in [0.25, 0.3) is 0 Å². The summed E-state index contributed by atoms with van der Waals surface area (Å²) in [7, 11) is 0. The van der Waals surface area contributed by atoms with Gasteiger partial charge in [-0.1, -0.05) is 13.0 Å². The maximum absolute atomic E-state index is 4.59. The summed E-state index contributed by atoms with van der Waals surface area (Å²) in [6.45, 7) is 6.67. The number of aromatic nitrogens is 1. The molecule has 1 N–H and O–H groups in total. The van der Waals surface area contributed by atoms with Crippen molar-refractivity contribution in [2.75, 3.05) is 13.1 Å². The molecule has 0 saturated carbocycles. The molecule has 1 aliphatic heterocycles. The van der Waals surface area contributed by atoms with E-state index in [2.05, 4.69) is 42.3 Å². The maximum Gasteiger partial charge on any atom is 0.0438 e. The number of hydrogen-bond acceptors (Lipinski definition) is 2. The highest BCUT2D eigenvalue weighted by Gasteiger charge is 2.23. The zero-order chi connectivity index (χ0) is 9.97. The highest BCUT2D eigenvalue weighted by Crippen LogP contribution is 2.27. The quantitative estimate of drug-likeness (QED) is 0.772. The first-order chi connectivity index (χ1) is 6.77. The fourth-order valence-corrected chi connectivity index (χ4v) is 2.16. The Labute approximate surface area is 85.7 Å². The molecule has 0 spiro atoms. The van der Waals surface area contributed by atoms with Crippen LogP contribution in [0.4, 0.5) is 0 Å². The maximum atomic E-state index is 4.59. The fraction of sp³-hybridized carbons (Fsp3) is 0.583. The summed E-state index contributed by atoms with van der Waals surface area (Å²) in [4.78, 5) is 4.59. The molecule has 1 aromatic rings. The first-order valence-corrected chi connectivity index (χ1v) is 5.41. The van der Waals surface area contributed by atoms with Crippen molar-refractivity contribution in [2.45, 2.75) is 26.2 Å². The molecule has 0 radical (unpaired) electrons. The molecule has 2 atom stereocenters. The van der Waals surface area contributed by atoms with Crippen molar-refractivity contribution < 1.29 is 0 Å². The second kappa shape index (κ2) is 4.09. The van der Waals surface area contributed by atoms with Gasteiger partial charge in [-0.2, -0.15) is 0 Å². The molecule has 2 heterocycles. The summed E-state index contributed by atoms with van der Waals surface area (Å²) in [5.74, 6) is 1.36. The van der Waals surface area contributed by atoms with Crippen molar-refractivity contribution >= 4 is 0 Å². The lowest BCUT2D eigenvalue weighted by atomic mass is 9.90. The lowest BCUT2D eigenvalue weighted by Gasteiger charge is -2.17. The molecule has 0 bridgehead atoms. The zero-order valence-electron chi connectivity index (χ0n) is 8.96. The van der Waals surface area contributed by atoms with E-state index in [9.17, 15) is 0 Å². The van der Waals surface area contributed by atoms with Gasteiger partial charge in [0.1, 0.15) is 0 Å². The smallest absolute Gasteiger partial charge is 0.0438 e. The lowest BCUT2D eigenvalue weighted by Crippen LogP contribution is -2.15. The molecule has 2 unspecified atom stereocenters. The lowest BCUT2D eigenvalue weighted by molar-refractivity contribution is 0.478. The van der Waals surface area contributed by atoms with Gasteiger partial charge >= 0.3 is 0 Å². The minimum Gasteiger partial charge on any atom is -0.316 e.